The third-order valence-electron chi connectivity index (χ3n) is 3.35. The first-order chi connectivity index (χ1) is 9.05. The van der Waals surface area contributed by atoms with E-state index in [4.69, 9.17) is 0 Å². The zero-order valence-electron chi connectivity index (χ0n) is 10.6. The number of anilines is 1. The Kier molecular flexibility index (Phi) is 4.63. The van der Waals surface area contributed by atoms with Crippen molar-refractivity contribution in [3.63, 3.8) is 0 Å². The molecule has 2 N–H and O–H groups in total. The summed E-state index contributed by atoms with van der Waals surface area (Å²) in [5, 5.41) is 6.40. The second-order valence-corrected chi connectivity index (χ2v) is 4.86. The number of hydrogen-bond donors (Lipinski definition) is 2. The lowest BCUT2D eigenvalue weighted by atomic mass is 9.96. The van der Waals surface area contributed by atoms with Gasteiger partial charge in [0.1, 0.15) is 5.82 Å². The highest BCUT2D eigenvalue weighted by atomic mass is 19.4. The standard InChI is InChI=1S/C13H18F3N3/c14-13(15,16)11-3-4-12(19-9-11)18-7-5-10-2-1-6-17-8-10/h3-4,9-10,17H,1-2,5-8H2,(H,18,19). The average Bonchev–Trinajstić information content (AvgIpc) is 2.39. The molecule has 1 aromatic heterocycles. The maximum atomic E-state index is 12.3. The highest BCUT2D eigenvalue weighted by Gasteiger charge is 2.30. The zero-order valence-corrected chi connectivity index (χ0v) is 10.6. The molecule has 1 aromatic rings. The summed E-state index contributed by atoms with van der Waals surface area (Å²) in [7, 11) is 0. The summed E-state index contributed by atoms with van der Waals surface area (Å²) < 4.78 is 37.0. The van der Waals surface area contributed by atoms with Crippen molar-refractivity contribution in [3.8, 4) is 0 Å². The molecule has 0 aliphatic carbocycles. The SMILES string of the molecule is FC(F)(F)c1ccc(NCCC2CCCNC2)nc1. The molecule has 0 saturated carbocycles. The largest absolute Gasteiger partial charge is 0.417 e. The van der Waals surface area contributed by atoms with E-state index in [1.807, 2.05) is 0 Å². The van der Waals surface area contributed by atoms with Crippen molar-refractivity contribution < 1.29 is 13.2 Å². The lowest BCUT2D eigenvalue weighted by molar-refractivity contribution is -0.137. The number of rotatable bonds is 4. The van der Waals surface area contributed by atoms with Crippen LogP contribution in [0.25, 0.3) is 0 Å². The van der Waals surface area contributed by atoms with E-state index in [0.29, 0.717) is 11.7 Å². The quantitative estimate of drug-likeness (QED) is 0.885. The first kappa shape index (κ1) is 14.1. The summed E-state index contributed by atoms with van der Waals surface area (Å²) in [6.45, 7) is 2.86. The van der Waals surface area contributed by atoms with Crippen LogP contribution in [-0.4, -0.2) is 24.6 Å². The molecule has 0 bridgehead atoms. The van der Waals surface area contributed by atoms with Gasteiger partial charge in [-0.2, -0.15) is 13.2 Å². The van der Waals surface area contributed by atoms with E-state index in [1.54, 1.807) is 0 Å². The molecule has 3 nitrogen and oxygen atoms in total. The van der Waals surface area contributed by atoms with Crippen LogP contribution in [0.3, 0.4) is 0 Å². The summed E-state index contributed by atoms with van der Waals surface area (Å²) in [6, 6.07) is 2.43. The third kappa shape index (κ3) is 4.38. The highest BCUT2D eigenvalue weighted by molar-refractivity contribution is 5.36. The second kappa shape index (κ2) is 6.23. The summed E-state index contributed by atoms with van der Waals surface area (Å²) >= 11 is 0. The van der Waals surface area contributed by atoms with Crippen molar-refractivity contribution in [1.29, 1.82) is 0 Å². The van der Waals surface area contributed by atoms with Gasteiger partial charge >= 0.3 is 6.18 Å². The first-order valence-electron chi connectivity index (χ1n) is 6.53. The van der Waals surface area contributed by atoms with Crippen LogP contribution in [0, 0.1) is 5.92 Å². The Hall–Kier alpha value is -1.30. The molecule has 19 heavy (non-hydrogen) atoms. The van der Waals surface area contributed by atoms with Gasteiger partial charge in [0.15, 0.2) is 0 Å². The number of aromatic nitrogens is 1. The summed E-state index contributed by atoms with van der Waals surface area (Å²) in [6.07, 6.45) is -0.0299. The molecule has 2 rings (SSSR count). The van der Waals surface area contributed by atoms with Gasteiger partial charge in [0.25, 0.3) is 0 Å². The number of nitrogens with zero attached hydrogens (tertiary/aromatic N) is 1. The Morgan fingerprint density at radius 1 is 1.37 bits per heavy atom. The fourth-order valence-corrected chi connectivity index (χ4v) is 2.24. The molecule has 0 amide bonds. The van der Waals surface area contributed by atoms with Gasteiger partial charge < -0.3 is 10.6 Å². The monoisotopic (exact) mass is 273 g/mol. The summed E-state index contributed by atoms with van der Waals surface area (Å²) in [5.74, 6) is 1.15. The number of nitrogens with one attached hydrogen (secondary N) is 2. The van der Waals surface area contributed by atoms with Crippen LogP contribution in [-0.2, 0) is 6.18 Å². The molecule has 1 atom stereocenters. The molecular formula is C13H18F3N3. The number of alkyl halides is 3. The van der Waals surface area contributed by atoms with Crippen LogP contribution < -0.4 is 10.6 Å². The molecule has 0 aromatic carbocycles. The Balaban J connectivity index is 1.76. The van der Waals surface area contributed by atoms with Gasteiger partial charge in [-0.05, 0) is 50.4 Å². The molecule has 106 valence electrons. The van der Waals surface area contributed by atoms with Crippen LogP contribution in [0.5, 0.6) is 0 Å². The summed E-state index contributed by atoms with van der Waals surface area (Å²) in [4.78, 5) is 3.78. The molecule has 0 radical (unpaired) electrons. The van der Waals surface area contributed by atoms with Crippen LogP contribution in [0.15, 0.2) is 18.3 Å². The fourth-order valence-electron chi connectivity index (χ4n) is 2.24. The third-order valence-corrected chi connectivity index (χ3v) is 3.35. The highest BCUT2D eigenvalue weighted by Crippen LogP contribution is 2.28. The van der Waals surface area contributed by atoms with Crippen LogP contribution in [0.1, 0.15) is 24.8 Å². The number of piperidine rings is 1. The lowest BCUT2D eigenvalue weighted by Crippen LogP contribution is -2.30. The van der Waals surface area contributed by atoms with Gasteiger partial charge in [-0.25, -0.2) is 4.98 Å². The fraction of sp³-hybridized carbons (Fsp3) is 0.615. The van der Waals surface area contributed by atoms with E-state index in [1.165, 1.54) is 18.9 Å². The van der Waals surface area contributed by atoms with E-state index < -0.39 is 11.7 Å². The van der Waals surface area contributed by atoms with Crippen molar-refractivity contribution in [1.82, 2.24) is 10.3 Å². The van der Waals surface area contributed by atoms with Crippen LogP contribution >= 0.6 is 0 Å². The van der Waals surface area contributed by atoms with Crippen molar-refractivity contribution in [2.45, 2.75) is 25.4 Å². The molecule has 1 fully saturated rings. The topological polar surface area (TPSA) is 37.0 Å². The van der Waals surface area contributed by atoms with Crippen molar-refractivity contribution in [2.24, 2.45) is 5.92 Å². The lowest BCUT2D eigenvalue weighted by Gasteiger charge is -2.22. The summed E-state index contributed by atoms with van der Waals surface area (Å²) in [5.41, 5.74) is -0.713. The van der Waals surface area contributed by atoms with Crippen molar-refractivity contribution in [3.05, 3.63) is 23.9 Å². The van der Waals surface area contributed by atoms with E-state index in [2.05, 4.69) is 15.6 Å². The molecule has 1 saturated heterocycles. The van der Waals surface area contributed by atoms with Gasteiger partial charge in [0.2, 0.25) is 0 Å². The molecular weight excluding hydrogens is 255 g/mol. The van der Waals surface area contributed by atoms with Crippen LogP contribution in [0.4, 0.5) is 19.0 Å². The van der Waals surface area contributed by atoms with Crippen molar-refractivity contribution in [2.75, 3.05) is 25.0 Å². The van der Waals surface area contributed by atoms with Crippen molar-refractivity contribution >= 4 is 5.82 Å². The smallest absolute Gasteiger partial charge is 0.370 e. The number of halogens is 3. The van der Waals surface area contributed by atoms with Gasteiger partial charge in [0.05, 0.1) is 5.56 Å². The zero-order chi connectivity index (χ0) is 13.7. The number of pyridine rings is 1. The maximum Gasteiger partial charge on any atom is 0.417 e. The Bertz CT molecular complexity index is 383. The second-order valence-electron chi connectivity index (χ2n) is 4.86. The van der Waals surface area contributed by atoms with E-state index in [0.717, 1.165) is 38.3 Å². The van der Waals surface area contributed by atoms with Crippen LogP contribution in [0.2, 0.25) is 0 Å². The molecule has 1 aliphatic heterocycles. The van der Waals surface area contributed by atoms with Gasteiger partial charge in [-0.15, -0.1) is 0 Å². The predicted molar refractivity (Wildman–Crippen MR) is 67.9 cm³/mol. The maximum absolute atomic E-state index is 12.3. The Morgan fingerprint density at radius 3 is 2.79 bits per heavy atom. The number of hydrogen-bond acceptors (Lipinski definition) is 3. The Morgan fingerprint density at radius 2 is 2.21 bits per heavy atom. The Labute approximate surface area is 110 Å². The van der Waals surface area contributed by atoms with E-state index in [-0.39, 0.29) is 0 Å². The minimum atomic E-state index is -4.32. The average molecular weight is 273 g/mol. The van der Waals surface area contributed by atoms with E-state index >= 15 is 0 Å². The van der Waals surface area contributed by atoms with Gasteiger partial charge in [-0.3, -0.25) is 0 Å². The molecule has 0 spiro atoms. The molecule has 1 aliphatic rings. The van der Waals surface area contributed by atoms with Gasteiger partial charge in [0, 0.05) is 12.7 Å². The minimum absolute atomic E-state index is 0.497. The van der Waals surface area contributed by atoms with E-state index in [9.17, 15) is 13.2 Å². The molecule has 2 heterocycles. The first-order valence-corrected chi connectivity index (χ1v) is 6.53. The minimum Gasteiger partial charge on any atom is -0.370 e. The van der Waals surface area contributed by atoms with Gasteiger partial charge in [-0.1, -0.05) is 0 Å². The molecule has 1 unspecified atom stereocenters. The molecule has 6 heteroatoms. The predicted octanol–water partition coefficient (Wildman–Crippen LogP) is 2.90. The normalized spacial score (nSPS) is 20.3.